The standard InChI is InChI=1S/C19H29N/c1-15-5-4-6-16(13-15)17-14-20-12-11-19(17)9-7-18(2,3)8-10-19/h4-6,13,17,20H,7-12,14H2,1-3H3. The van der Waals surface area contributed by atoms with Crippen LogP contribution < -0.4 is 5.32 Å². The highest BCUT2D eigenvalue weighted by Gasteiger charge is 2.45. The summed E-state index contributed by atoms with van der Waals surface area (Å²) in [5, 5.41) is 3.65. The van der Waals surface area contributed by atoms with Crippen LogP contribution in [0.4, 0.5) is 0 Å². The maximum Gasteiger partial charge on any atom is 0.00255 e. The molecule has 3 rings (SSSR count). The zero-order valence-electron chi connectivity index (χ0n) is 13.3. The van der Waals surface area contributed by atoms with E-state index in [1.807, 2.05) is 0 Å². The SMILES string of the molecule is Cc1cccc(C2CNCCC23CCC(C)(C)CC3)c1. The van der Waals surface area contributed by atoms with Gasteiger partial charge in [0.15, 0.2) is 0 Å². The summed E-state index contributed by atoms with van der Waals surface area (Å²) in [6, 6.07) is 9.22. The van der Waals surface area contributed by atoms with Crippen LogP contribution in [0.3, 0.4) is 0 Å². The fourth-order valence-electron chi connectivity index (χ4n) is 4.36. The Hall–Kier alpha value is -0.820. The molecule has 1 saturated carbocycles. The van der Waals surface area contributed by atoms with Gasteiger partial charge in [-0.15, -0.1) is 0 Å². The lowest BCUT2D eigenvalue weighted by molar-refractivity contribution is 0.0498. The normalized spacial score (nSPS) is 28.4. The lowest BCUT2D eigenvalue weighted by Crippen LogP contribution is -2.46. The van der Waals surface area contributed by atoms with Gasteiger partial charge in [0.2, 0.25) is 0 Å². The minimum absolute atomic E-state index is 0.563. The monoisotopic (exact) mass is 271 g/mol. The van der Waals surface area contributed by atoms with E-state index in [0.717, 1.165) is 0 Å². The lowest BCUT2D eigenvalue weighted by Gasteiger charge is -2.51. The first-order valence-electron chi connectivity index (χ1n) is 8.28. The van der Waals surface area contributed by atoms with E-state index in [2.05, 4.69) is 50.4 Å². The summed E-state index contributed by atoms with van der Waals surface area (Å²) < 4.78 is 0. The van der Waals surface area contributed by atoms with Crippen LogP contribution >= 0.6 is 0 Å². The van der Waals surface area contributed by atoms with Gasteiger partial charge in [-0.3, -0.25) is 0 Å². The first kappa shape index (κ1) is 14.1. The molecule has 1 heterocycles. The van der Waals surface area contributed by atoms with Gasteiger partial charge in [0.25, 0.3) is 0 Å². The molecule has 2 fully saturated rings. The maximum atomic E-state index is 3.65. The van der Waals surface area contributed by atoms with Gasteiger partial charge in [0.05, 0.1) is 0 Å². The van der Waals surface area contributed by atoms with Crippen LogP contribution in [0.2, 0.25) is 0 Å². The summed E-state index contributed by atoms with van der Waals surface area (Å²) in [5.41, 5.74) is 4.10. The van der Waals surface area contributed by atoms with Crippen LogP contribution in [0.5, 0.6) is 0 Å². The average Bonchev–Trinajstić information content (AvgIpc) is 2.43. The van der Waals surface area contributed by atoms with E-state index >= 15 is 0 Å². The Bertz CT molecular complexity index is 464. The zero-order chi connectivity index (χ0) is 14.2. The Kier molecular flexibility index (Phi) is 3.66. The second kappa shape index (κ2) is 5.18. The summed E-state index contributed by atoms with van der Waals surface area (Å²) in [6.45, 7) is 9.49. The van der Waals surface area contributed by atoms with Crippen LogP contribution in [0.25, 0.3) is 0 Å². The van der Waals surface area contributed by atoms with Gasteiger partial charge < -0.3 is 5.32 Å². The average molecular weight is 271 g/mol. The van der Waals surface area contributed by atoms with Crippen molar-refractivity contribution < 1.29 is 0 Å². The first-order valence-corrected chi connectivity index (χ1v) is 8.28. The molecule has 1 atom stereocenters. The van der Waals surface area contributed by atoms with Crippen LogP contribution in [0.1, 0.15) is 63.0 Å². The van der Waals surface area contributed by atoms with Crippen molar-refractivity contribution in [3.05, 3.63) is 35.4 Å². The molecule has 1 aliphatic heterocycles. The molecule has 0 aromatic heterocycles. The largest absolute Gasteiger partial charge is 0.316 e. The highest BCUT2D eigenvalue weighted by Crippen LogP contribution is 2.54. The van der Waals surface area contributed by atoms with Gasteiger partial charge in [0, 0.05) is 12.5 Å². The molecule has 20 heavy (non-hydrogen) atoms. The molecule has 1 heteroatoms. The summed E-state index contributed by atoms with van der Waals surface area (Å²) in [4.78, 5) is 0. The molecule has 1 aliphatic carbocycles. The molecule has 1 nitrogen and oxygen atoms in total. The fourth-order valence-corrected chi connectivity index (χ4v) is 4.36. The Morgan fingerprint density at radius 1 is 1.05 bits per heavy atom. The molecule has 1 spiro atoms. The number of hydrogen-bond donors (Lipinski definition) is 1. The third-order valence-electron chi connectivity index (χ3n) is 5.93. The quantitative estimate of drug-likeness (QED) is 0.783. The number of hydrogen-bond acceptors (Lipinski definition) is 1. The van der Waals surface area contributed by atoms with Crippen molar-refractivity contribution in [2.75, 3.05) is 13.1 Å². The number of aryl methyl sites for hydroxylation is 1. The van der Waals surface area contributed by atoms with Crippen molar-refractivity contribution in [2.45, 2.75) is 58.8 Å². The molecule has 1 aromatic carbocycles. The van der Waals surface area contributed by atoms with Crippen LogP contribution in [0, 0.1) is 17.8 Å². The van der Waals surface area contributed by atoms with E-state index in [4.69, 9.17) is 0 Å². The van der Waals surface area contributed by atoms with E-state index in [9.17, 15) is 0 Å². The van der Waals surface area contributed by atoms with Crippen molar-refractivity contribution in [3.8, 4) is 0 Å². The van der Waals surface area contributed by atoms with Crippen LogP contribution in [-0.4, -0.2) is 13.1 Å². The predicted molar refractivity (Wildman–Crippen MR) is 86.1 cm³/mol. The van der Waals surface area contributed by atoms with E-state index < -0.39 is 0 Å². The van der Waals surface area contributed by atoms with E-state index in [-0.39, 0.29) is 0 Å². The van der Waals surface area contributed by atoms with Crippen molar-refractivity contribution in [2.24, 2.45) is 10.8 Å². The Labute approximate surface area is 124 Å². The highest BCUT2D eigenvalue weighted by molar-refractivity contribution is 5.28. The van der Waals surface area contributed by atoms with Gasteiger partial charge in [-0.05, 0) is 62.0 Å². The van der Waals surface area contributed by atoms with Gasteiger partial charge >= 0.3 is 0 Å². The summed E-state index contributed by atoms with van der Waals surface area (Å²) in [5.74, 6) is 0.715. The Balaban J connectivity index is 1.88. The van der Waals surface area contributed by atoms with E-state index in [1.165, 1.54) is 50.8 Å². The first-order chi connectivity index (χ1) is 9.51. The van der Waals surface area contributed by atoms with Crippen molar-refractivity contribution in [1.82, 2.24) is 5.32 Å². The van der Waals surface area contributed by atoms with Crippen LogP contribution in [0.15, 0.2) is 24.3 Å². The summed E-state index contributed by atoms with van der Waals surface area (Å²) in [6.07, 6.45) is 6.99. The second-order valence-corrected chi connectivity index (χ2v) is 7.95. The molecule has 110 valence electrons. The number of benzene rings is 1. The maximum absolute atomic E-state index is 3.65. The zero-order valence-corrected chi connectivity index (χ0v) is 13.3. The molecule has 0 radical (unpaired) electrons. The second-order valence-electron chi connectivity index (χ2n) is 7.95. The molecule has 1 saturated heterocycles. The molecule has 1 aromatic rings. The predicted octanol–water partition coefficient (Wildman–Crippen LogP) is 4.66. The molecule has 1 N–H and O–H groups in total. The Morgan fingerprint density at radius 2 is 1.80 bits per heavy atom. The molecule has 0 amide bonds. The van der Waals surface area contributed by atoms with Crippen molar-refractivity contribution in [3.63, 3.8) is 0 Å². The summed E-state index contributed by atoms with van der Waals surface area (Å²) in [7, 11) is 0. The van der Waals surface area contributed by atoms with Gasteiger partial charge in [0.1, 0.15) is 0 Å². The molecule has 0 bridgehead atoms. The Morgan fingerprint density at radius 3 is 2.50 bits per heavy atom. The minimum atomic E-state index is 0.563. The molecular formula is C19H29N. The van der Waals surface area contributed by atoms with Gasteiger partial charge in [-0.1, -0.05) is 43.7 Å². The smallest absolute Gasteiger partial charge is 0.00255 e. The number of nitrogens with one attached hydrogen (secondary N) is 1. The molecule has 1 unspecified atom stereocenters. The topological polar surface area (TPSA) is 12.0 Å². The van der Waals surface area contributed by atoms with Crippen LogP contribution in [-0.2, 0) is 0 Å². The number of piperidine rings is 1. The fraction of sp³-hybridized carbons (Fsp3) is 0.684. The third-order valence-corrected chi connectivity index (χ3v) is 5.93. The molecular weight excluding hydrogens is 242 g/mol. The third kappa shape index (κ3) is 2.65. The highest BCUT2D eigenvalue weighted by atomic mass is 14.9. The summed E-state index contributed by atoms with van der Waals surface area (Å²) >= 11 is 0. The molecule has 2 aliphatic rings. The van der Waals surface area contributed by atoms with E-state index in [1.54, 1.807) is 5.56 Å². The van der Waals surface area contributed by atoms with Crippen molar-refractivity contribution in [1.29, 1.82) is 0 Å². The lowest BCUT2D eigenvalue weighted by atomic mass is 9.56. The minimum Gasteiger partial charge on any atom is -0.316 e. The van der Waals surface area contributed by atoms with Crippen molar-refractivity contribution >= 4 is 0 Å². The van der Waals surface area contributed by atoms with E-state index in [0.29, 0.717) is 16.7 Å². The number of rotatable bonds is 1. The van der Waals surface area contributed by atoms with Gasteiger partial charge in [-0.25, -0.2) is 0 Å². The van der Waals surface area contributed by atoms with Gasteiger partial charge in [-0.2, -0.15) is 0 Å².